The molecule has 1 heterocycles. The van der Waals surface area contributed by atoms with Gasteiger partial charge in [0, 0.05) is 22.7 Å². The Labute approximate surface area is 113 Å². The lowest BCUT2D eigenvalue weighted by atomic mass is 9.96. The number of rotatable bonds is 4. The van der Waals surface area contributed by atoms with E-state index in [0.29, 0.717) is 11.8 Å². The van der Waals surface area contributed by atoms with E-state index in [2.05, 4.69) is 12.2 Å². The molecule has 3 nitrogen and oxygen atoms in total. The van der Waals surface area contributed by atoms with Crippen LogP contribution in [-0.2, 0) is 6.42 Å². The van der Waals surface area contributed by atoms with E-state index in [9.17, 15) is 0 Å². The van der Waals surface area contributed by atoms with Gasteiger partial charge in [-0.05, 0) is 31.4 Å². The zero-order chi connectivity index (χ0) is 13.1. The Bertz CT molecular complexity index is 428. The molecule has 1 fully saturated rings. The van der Waals surface area contributed by atoms with Crippen LogP contribution >= 0.6 is 11.6 Å². The summed E-state index contributed by atoms with van der Waals surface area (Å²) in [5.41, 5.74) is 2.33. The molecule has 100 valence electrons. The van der Waals surface area contributed by atoms with Crippen LogP contribution in [0.2, 0.25) is 5.02 Å². The van der Waals surface area contributed by atoms with Crippen molar-refractivity contribution < 1.29 is 9.47 Å². The van der Waals surface area contributed by atoms with Crippen LogP contribution in [0.4, 0.5) is 0 Å². The highest BCUT2D eigenvalue weighted by molar-refractivity contribution is 6.31. The Hall–Kier alpha value is -0.930. The standard InChI is InChI=1S/C14H20ClNO2/c1-4-9-13(11-6-5-7-16-11)10(15)8-12(17-2)14(9)18-3/h8,11,16H,4-7H2,1-3H3. The molecule has 1 saturated heterocycles. The monoisotopic (exact) mass is 269 g/mol. The second-order valence-electron chi connectivity index (χ2n) is 4.49. The van der Waals surface area contributed by atoms with Gasteiger partial charge in [0.2, 0.25) is 0 Å². The first kappa shape index (κ1) is 13.5. The number of methoxy groups -OCH3 is 2. The van der Waals surface area contributed by atoms with E-state index < -0.39 is 0 Å². The van der Waals surface area contributed by atoms with Crippen molar-refractivity contribution in [3.63, 3.8) is 0 Å². The van der Waals surface area contributed by atoms with Gasteiger partial charge >= 0.3 is 0 Å². The van der Waals surface area contributed by atoms with E-state index in [0.717, 1.165) is 35.7 Å². The molecule has 0 aliphatic carbocycles. The maximum Gasteiger partial charge on any atom is 0.164 e. The molecule has 1 atom stereocenters. The molecule has 1 aromatic rings. The molecule has 0 spiro atoms. The fourth-order valence-corrected chi connectivity index (χ4v) is 3.05. The summed E-state index contributed by atoms with van der Waals surface area (Å²) in [6.07, 6.45) is 3.20. The molecule has 1 N–H and O–H groups in total. The van der Waals surface area contributed by atoms with Gasteiger partial charge in [-0.1, -0.05) is 18.5 Å². The molecule has 2 rings (SSSR count). The minimum Gasteiger partial charge on any atom is -0.493 e. The van der Waals surface area contributed by atoms with E-state index in [4.69, 9.17) is 21.1 Å². The topological polar surface area (TPSA) is 30.5 Å². The highest BCUT2D eigenvalue weighted by Crippen LogP contribution is 2.42. The Morgan fingerprint density at radius 3 is 2.67 bits per heavy atom. The largest absolute Gasteiger partial charge is 0.493 e. The molecular weight excluding hydrogens is 250 g/mol. The average molecular weight is 270 g/mol. The smallest absolute Gasteiger partial charge is 0.164 e. The number of ether oxygens (including phenoxy) is 2. The minimum atomic E-state index is 0.340. The van der Waals surface area contributed by atoms with Gasteiger partial charge in [-0.3, -0.25) is 0 Å². The molecule has 0 bridgehead atoms. The van der Waals surface area contributed by atoms with Crippen LogP contribution in [0.25, 0.3) is 0 Å². The van der Waals surface area contributed by atoms with E-state index in [1.165, 1.54) is 12.0 Å². The maximum absolute atomic E-state index is 6.43. The van der Waals surface area contributed by atoms with Crippen molar-refractivity contribution in [2.75, 3.05) is 20.8 Å². The van der Waals surface area contributed by atoms with Crippen LogP contribution in [0.15, 0.2) is 6.07 Å². The molecule has 0 saturated carbocycles. The molecule has 18 heavy (non-hydrogen) atoms. The summed E-state index contributed by atoms with van der Waals surface area (Å²) in [7, 11) is 3.32. The average Bonchev–Trinajstić information content (AvgIpc) is 2.90. The van der Waals surface area contributed by atoms with Gasteiger partial charge in [-0.25, -0.2) is 0 Å². The van der Waals surface area contributed by atoms with Gasteiger partial charge in [0.05, 0.1) is 14.2 Å². The van der Waals surface area contributed by atoms with Crippen LogP contribution in [0.5, 0.6) is 11.5 Å². The van der Waals surface area contributed by atoms with Crippen LogP contribution < -0.4 is 14.8 Å². The lowest BCUT2D eigenvalue weighted by Crippen LogP contribution is -2.16. The Balaban J connectivity index is 2.56. The van der Waals surface area contributed by atoms with Crippen LogP contribution in [0, 0.1) is 0 Å². The first-order valence-corrected chi connectivity index (χ1v) is 6.77. The zero-order valence-corrected chi connectivity index (χ0v) is 11.9. The van der Waals surface area contributed by atoms with E-state index in [1.54, 1.807) is 14.2 Å². The number of hydrogen-bond donors (Lipinski definition) is 1. The Morgan fingerprint density at radius 1 is 1.39 bits per heavy atom. The summed E-state index contributed by atoms with van der Waals surface area (Å²) in [5, 5.41) is 4.26. The number of hydrogen-bond acceptors (Lipinski definition) is 3. The highest BCUT2D eigenvalue weighted by Gasteiger charge is 2.25. The fourth-order valence-electron chi connectivity index (χ4n) is 2.71. The van der Waals surface area contributed by atoms with Crippen molar-refractivity contribution in [2.24, 2.45) is 0 Å². The molecule has 4 heteroatoms. The van der Waals surface area contributed by atoms with Crippen molar-refractivity contribution in [1.29, 1.82) is 0 Å². The summed E-state index contributed by atoms with van der Waals surface area (Å²) in [5.74, 6) is 1.52. The first-order chi connectivity index (χ1) is 8.72. The van der Waals surface area contributed by atoms with E-state index in [1.807, 2.05) is 6.07 Å². The molecule has 1 unspecified atom stereocenters. The molecule has 0 amide bonds. The van der Waals surface area contributed by atoms with Crippen molar-refractivity contribution >= 4 is 11.6 Å². The predicted octanol–water partition coefficient (Wildman–Crippen LogP) is 3.34. The van der Waals surface area contributed by atoms with Gasteiger partial charge in [0.25, 0.3) is 0 Å². The van der Waals surface area contributed by atoms with Crippen LogP contribution in [0.3, 0.4) is 0 Å². The van der Waals surface area contributed by atoms with Gasteiger partial charge in [0.1, 0.15) is 0 Å². The second-order valence-corrected chi connectivity index (χ2v) is 4.90. The van der Waals surface area contributed by atoms with Gasteiger partial charge in [0.15, 0.2) is 11.5 Å². The molecule has 1 aliphatic rings. The fraction of sp³-hybridized carbons (Fsp3) is 0.571. The predicted molar refractivity (Wildman–Crippen MR) is 73.9 cm³/mol. The molecule has 1 aromatic carbocycles. The van der Waals surface area contributed by atoms with Crippen LogP contribution in [0.1, 0.15) is 36.9 Å². The van der Waals surface area contributed by atoms with Gasteiger partial charge in [-0.2, -0.15) is 0 Å². The van der Waals surface area contributed by atoms with E-state index in [-0.39, 0.29) is 0 Å². The third-order valence-corrected chi connectivity index (χ3v) is 3.84. The second kappa shape index (κ2) is 5.81. The zero-order valence-electron chi connectivity index (χ0n) is 11.2. The van der Waals surface area contributed by atoms with Crippen molar-refractivity contribution in [3.8, 4) is 11.5 Å². The summed E-state index contributed by atoms with van der Waals surface area (Å²) in [6.45, 7) is 3.17. The lowest BCUT2D eigenvalue weighted by molar-refractivity contribution is 0.350. The maximum atomic E-state index is 6.43. The van der Waals surface area contributed by atoms with Crippen molar-refractivity contribution in [2.45, 2.75) is 32.2 Å². The van der Waals surface area contributed by atoms with Crippen molar-refractivity contribution in [3.05, 3.63) is 22.2 Å². The minimum absolute atomic E-state index is 0.340. The number of benzene rings is 1. The molecule has 1 aliphatic heterocycles. The number of nitrogens with one attached hydrogen (secondary N) is 1. The highest BCUT2D eigenvalue weighted by atomic mass is 35.5. The quantitative estimate of drug-likeness (QED) is 0.909. The third kappa shape index (κ3) is 2.29. The van der Waals surface area contributed by atoms with Crippen molar-refractivity contribution in [1.82, 2.24) is 5.32 Å². The summed E-state index contributed by atoms with van der Waals surface area (Å²) >= 11 is 6.43. The Morgan fingerprint density at radius 2 is 2.17 bits per heavy atom. The molecule has 0 radical (unpaired) electrons. The first-order valence-electron chi connectivity index (χ1n) is 6.39. The lowest BCUT2D eigenvalue weighted by Gasteiger charge is -2.21. The summed E-state index contributed by atoms with van der Waals surface area (Å²) < 4.78 is 10.8. The van der Waals surface area contributed by atoms with Gasteiger partial charge < -0.3 is 14.8 Å². The SMILES string of the molecule is CCc1c(OC)c(OC)cc(Cl)c1C1CCCN1. The third-order valence-electron chi connectivity index (χ3n) is 3.52. The summed E-state index contributed by atoms with van der Waals surface area (Å²) in [4.78, 5) is 0. The van der Waals surface area contributed by atoms with Crippen LogP contribution in [-0.4, -0.2) is 20.8 Å². The summed E-state index contributed by atoms with van der Waals surface area (Å²) in [6, 6.07) is 2.20. The molecule has 0 aromatic heterocycles. The van der Waals surface area contributed by atoms with Gasteiger partial charge in [-0.15, -0.1) is 0 Å². The Kier molecular flexibility index (Phi) is 4.36. The normalized spacial score (nSPS) is 19.0. The number of halogens is 1. The molecular formula is C14H20ClNO2. The van der Waals surface area contributed by atoms with E-state index >= 15 is 0 Å².